The molecule has 0 spiro atoms. The number of hydrogen-bond acceptors (Lipinski definition) is 7. The summed E-state index contributed by atoms with van der Waals surface area (Å²) in [6.07, 6.45) is 2.05. The highest BCUT2D eigenvalue weighted by molar-refractivity contribution is 6.30. The summed E-state index contributed by atoms with van der Waals surface area (Å²) in [6, 6.07) is 10.5. The van der Waals surface area contributed by atoms with Crippen molar-refractivity contribution in [2.45, 2.75) is 13.0 Å². The third kappa shape index (κ3) is 7.40. The third-order valence-electron chi connectivity index (χ3n) is 4.46. The lowest BCUT2D eigenvalue weighted by molar-refractivity contribution is -0.119. The van der Waals surface area contributed by atoms with E-state index in [-0.39, 0.29) is 31.5 Å². The summed E-state index contributed by atoms with van der Waals surface area (Å²) in [7, 11) is 3.31. The van der Waals surface area contributed by atoms with E-state index in [1.165, 1.54) is 13.2 Å². The van der Waals surface area contributed by atoms with Gasteiger partial charge in [-0.1, -0.05) is 29.3 Å². The van der Waals surface area contributed by atoms with Crippen molar-refractivity contribution < 1.29 is 14.6 Å². The summed E-state index contributed by atoms with van der Waals surface area (Å²) in [5, 5.41) is 12.9. The number of rotatable bonds is 12. The van der Waals surface area contributed by atoms with Gasteiger partial charge in [0, 0.05) is 38.5 Å². The van der Waals surface area contributed by atoms with Gasteiger partial charge in [-0.05, 0) is 43.5 Å². The van der Waals surface area contributed by atoms with Crippen molar-refractivity contribution in [2.75, 3.05) is 34.0 Å². The van der Waals surface area contributed by atoms with Gasteiger partial charge in [0.15, 0.2) is 12.6 Å². The number of benzene rings is 1. The van der Waals surface area contributed by atoms with E-state index < -0.39 is 0 Å². The quantitative estimate of drug-likeness (QED) is 0.276. The molecular formula is C22H27Cl2N5O3. The van der Waals surface area contributed by atoms with Crippen LogP contribution in [0.15, 0.2) is 59.1 Å². The van der Waals surface area contributed by atoms with E-state index in [0.717, 1.165) is 0 Å². The first-order valence-corrected chi connectivity index (χ1v) is 10.6. The molecular weight excluding hydrogens is 453 g/mol. The average molecular weight is 480 g/mol. The van der Waals surface area contributed by atoms with E-state index in [1.54, 1.807) is 53.2 Å². The van der Waals surface area contributed by atoms with Gasteiger partial charge in [-0.2, -0.15) is 0 Å². The molecule has 32 heavy (non-hydrogen) atoms. The highest BCUT2D eigenvalue weighted by atomic mass is 35.5. The normalized spacial score (nSPS) is 11.4. The molecule has 0 radical (unpaired) electrons. The molecule has 0 saturated carbocycles. The van der Waals surface area contributed by atoms with Crippen LogP contribution in [0.25, 0.3) is 0 Å². The zero-order valence-electron chi connectivity index (χ0n) is 18.1. The maximum Gasteiger partial charge on any atom is 0.271 e. The van der Waals surface area contributed by atoms with Crippen LogP contribution < -0.4 is 10.1 Å². The minimum atomic E-state index is -0.369. The standard InChI is InChI=1S/C22H27Cl2N5O3/c1-25-21(28(3)10-5-11-30)20(22(31)26-2)29(14-18-9-8-17(24)13-27-18)15-32-19-7-4-6-16(23)12-19/h4,6-9,12-13,30H,1,5,10-11,14-15H2,2-3H3,(H,26,31)/b21-20+. The Kier molecular flexibility index (Phi) is 10.3. The first kappa shape index (κ1) is 25.5. The average Bonchev–Trinajstić information content (AvgIpc) is 2.79. The first-order valence-electron chi connectivity index (χ1n) is 9.88. The van der Waals surface area contributed by atoms with Crippen LogP contribution in [0, 0.1) is 0 Å². The van der Waals surface area contributed by atoms with E-state index in [1.807, 2.05) is 0 Å². The van der Waals surface area contributed by atoms with Crippen molar-refractivity contribution in [3.8, 4) is 5.75 Å². The molecule has 2 N–H and O–H groups in total. The summed E-state index contributed by atoms with van der Waals surface area (Å²) in [5.74, 6) is 0.526. The fraction of sp³-hybridized carbons (Fsp3) is 0.318. The number of nitrogens with one attached hydrogen (secondary N) is 1. The Hall–Kier alpha value is -2.81. The molecule has 0 bridgehead atoms. The van der Waals surface area contributed by atoms with Crippen LogP contribution in [-0.4, -0.2) is 66.5 Å². The van der Waals surface area contributed by atoms with Gasteiger partial charge in [0.1, 0.15) is 11.4 Å². The molecule has 0 saturated heterocycles. The monoisotopic (exact) mass is 479 g/mol. The van der Waals surface area contributed by atoms with Gasteiger partial charge in [0.25, 0.3) is 5.91 Å². The molecule has 0 unspecified atom stereocenters. The number of aliphatic hydroxyl groups is 1. The molecule has 1 amide bonds. The second-order valence-corrected chi connectivity index (χ2v) is 7.68. The number of halogens is 2. The number of nitrogens with zero attached hydrogens (tertiary/aromatic N) is 4. The zero-order valence-corrected chi connectivity index (χ0v) is 19.6. The number of carbonyl (C=O) groups is 1. The van der Waals surface area contributed by atoms with Crippen molar-refractivity contribution in [2.24, 2.45) is 4.99 Å². The lowest BCUT2D eigenvalue weighted by Gasteiger charge is -2.30. The van der Waals surface area contributed by atoms with Gasteiger partial charge in [-0.15, -0.1) is 0 Å². The van der Waals surface area contributed by atoms with Crippen LogP contribution in [0.4, 0.5) is 0 Å². The molecule has 0 aliphatic heterocycles. The highest BCUT2D eigenvalue weighted by Crippen LogP contribution is 2.22. The molecule has 1 aromatic heterocycles. The summed E-state index contributed by atoms with van der Waals surface area (Å²) in [6.45, 7) is 4.40. The van der Waals surface area contributed by atoms with E-state index in [0.29, 0.717) is 40.3 Å². The number of likely N-dealkylation sites (N-methyl/N-ethyl adjacent to an activating group) is 1. The third-order valence-corrected chi connectivity index (χ3v) is 4.92. The summed E-state index contributed by atoms with van der Waals surface area (Å²) < 4.78 is 5.93. The fourth-order valence-electron chi connectivity index (χ4n) is 2.89. The molecule has 2 aromatic rings. The second kappa shape index (κ2) is 12.9. The summed E-state index contributed by atoms with van der Waals surface area (Å²) in [5.41, 5.74) is 0.925. The van der Waals surface area contributed by atoms with Crippen molar-refractivity contribution >= 4 is 35.8 Å². The zero-order chi connectivity index (χ0) is 23.5. The fourth-order valence-corrected chi connectivity index (χ4v) is 3.18. The van der Waals surface area contributed by atoms with E-state index in [2.05, 4.69) is 22.0 Å². The van der Waals surface area contributed by atoms with Crippen LogP contribution in [0.5, 0.6) is 5.75 Å². The topological polar surface area (TPSA) is 90.3 Å². The second-order valence-electron chi connectivity index (χ2n) is 6.80. The van der Waals surface area contributed by atoms with Gasteiger partial charge in [0.05, 0.1) is 17.3 Å². The smallest absolute Gasteiger partial charge is 0.271 e. The Bertz CT molecular complexity index is 937. The SMILES string of the molecule is C=N/C(=C(/C(=O)NC)N(COc1cccc(Cl)c1)Cc1ccc(Cl)cn1)N(C)CCCO. The maximum absolute atomic E-state index is 12.9. The minimum absolute atomic E-state index is 0.0141. The number of carbonyl (C=O) groups excluding carboxylic acids is 1. The molecule has 10 heteroatoms. The number of aliphatic imine (C=N–C) groups is 1. The maximum atomic E-state index is 12.9. The number of aromatic nitrogens is 1. The molecule has 172 valence electrons. The van der Waals surface area contributed by atoms with Gasteiger partial charge in [-0.3, -0.25) is 9.78 Å². The number of hydrogen-bond donors (Lipinski definition) is 2. The highest BCUT2D eigenvalue weighted by Gasteiger charge is 2.25. The Labute approximate surface area is 198 Å². The molecule has 1 heterocycles. The van der Waals surface area contributed by atoms with Crippen molar-refractivity contribution in [1.82, 2.24) is 20.1 Å². The minimum Gasteiger partial charge on any atom is -0.473 e. The van der Waals surface area contributed by atoms with Crippen molar-refractivity contribution in [1.29, 1.82) is 0 Å². The lowest BCUT2D eigenvalue weighted by Crippen LogP contribution is -2.39. The molecule has 0 fully saturated rings. The van der Waals surface area contributed by atoms with Crippen LogP contribution in [0.2, 0.25) is 10.0 Å². The summed E-state index contributed by atoms with van der Waals surface area (Å²) >= 11 is 12.0. The Morgan fingerprint density at radius 3 is 2.66 bits per heavy atom. The Balaban J connectivity index is 2.46. The molecule has 0 atom stereocenters. The van der Waals surface area contributed by atoms with Crippen LogP contribution in [0.1, 0.15) is 12.1 Å². The molecule has 8 nitrogen and oxygen atoms in total. The Morgan fingerprint density at radius 2 is 2.06 bits per heavy atom. The van der Waals surface area contributed by atoms with Crippen LogP contribution in [-0.2, 0) is 11.3 Å². The largest absolute Gasteiger partial charge is 0.473 e. The molecule has 1 aromatic carbocycles. The number of aliphatic hydroxyl groups excluding tert-OH is 1. The van der Waals surface area contributed by atoms with Crippen molar-refractivity contribution in [3.05, 3.63) is 69.9 Å². The predicted molar refractivity (Wildman–Crippen MR) is 127 cm³/mol. The van der Waals surface area contributed by atoms with E-state index >= 15 is 0 Å². The number of pyridine rings is 1. The first-order chi connectivity index (χ1) is 15.4. The number of amides is 1. The molecule has 2 rings (SSSR count). The molecule has 0 aliphatic rings. The lowest BCUT2D eigenvalue weighted by atomic mass is 10.2. The Morgan fingerprint density at radius 1 is 1.28 bits per heavy atom. The van der Waals surface area contributed by atoms with Gasteiger partial charge in [0.2, 0.25) is 0 Å². The van der Waals surface area contributed by atoms with E-state index in [9.17, 15) is 9.90 Å². The number of ether oxygens (including phenoxy) is 1. The van der Waals surface area contributed by atoms with Crippen molar-refractivity contribution in [3.63, 3.8) is 0 Å². The summed E-state index contributed by atoms with van der Waals surface area (Å²) in [4.78, 5) is 24.9. The van der Waals surface area contributed by atoms with E-state index in [4.69, 9.17) is 27.9 Å². The van der Waals surface area contributed by atoms with Gasteiger partial charge >= 0.3 is 0 Å². The van der Waals surface area contributed by atoms with Gasteiger partial charge in [-0.25, -0.2) is 4.99 Å². The van der Waals surface area contributed by atoms with Crippen LogP contribution >= 0.6 is 23.2 Å². The van der Waals surface area contributed by atoms with Gasteiger partial charge < -0.3 is 25.0 Å². The van der Waals surface area contributed by atoms with Crippen LogP contribution in [0.3, 0.4) is 0 Å². The predicted octanol–water partition coefficient (Wildman–Crippen LogP) is 3.16. The molecule has 0 aliphatic carbocycles.